The summed E-state index contributed by atoms with van der Waals surface area (Å²) in [5.74, 6) is 4.37. The van der Waals surface area contributed by atoms with Crippen LogP contribution < -0.4 is 0 Å². The van der Waals surface area contributed by atoms with E-state index in [1.807, 2.05) is 13.8 Å². The molecule has 4 aliphatic rings. The SMILES string of the molecule is CC(C)(O)CCC[C@H]1CC[C@H]2[C@@H]3CC=C4C[C@@H](O)CC[C@@H]4[C@H]3CC[C@]12C. The van der Waals surface area contributed by atoms with Gasteiger partial charge in [0.2, 0.25) is 0 Å². The van der Waals surface area contributed by atoms with Crippen molar-refractivity contribution in [3.05, 3.63) is 11.6 Å². The Morgan fingerprint density at radius 1 is 1.12 bits per heavy atom. The second-order valence-corrected chi connectivity index (χ2v) is 11.0. The fraction of sp³-hybridized carbons (Fsp3) is 0.917. The summed E-state index contributed by atoms with van der Waals surface area (Å²) < 4.78 is 0. The van der Waals surface area contributed by atoms with Crippen LogP contribution in [0.25, 0.3) is 0 Å². The van der Waals surface area contributed by atoms with E-state index in [1.54, 1.807) is 5.57 Å². The lowest BCUT2D eigenvalue weighted by Crippen LogP contribution is -2.46. The minimum absolute atomic E-state index is 0.0745. The Bertz CT molecular complexity index is 545. The first-order chi connectivity index (χ1) is 12.3. The molecule has 0 aliphatic heterocycles. The van der Waals surface area contributed by atoms with Gasteiger partial charge in [-0.3, -0.25) is 0 Å². The highest BCUT2D eigenvalue weighted by Crippen LogP contribution is 2.64. The topological polar surface area (TPSA) is 40.5 Å². The molecule has 0 bridgehead atoms. The first kappa shape index (κ1) is 19.0. The standard InChI is InChI=1S/C24H40O2/c1-23(2,26)13-4-5-17-7-11-22-21-9-6-16-15-18(25)8-10-19(16)20(21)12-14-24(17,22)3/h6,17-22,25-26H,4-5,7-15H2,1-3H3/t17-,18-,19-,20+,21+,22-,24+/m0/s1. The van der Waals surface area contributed by atoms with Crippen LogP contribution in [0.4, 0.5) is 0 Å². The summed E-state index contributed by atoms with van der Waals surface area (Å²) in [6.45, 7) is 6.51. The summed E-state index contributed by atoms with van der Waals surface area (Å²) in [6, 6.07) is 0. The summed E-state index contributed by atoms with van der Waals surface area (Å²) in [5.41, 5.74) is 1.64. The van der Waals surface area contributed by atoms with Crippen LogP contribution in [0.2, 0.25) is 0 Å². The maximum absolute atomic E-state index is 10.1. The molecule has 0 unspecified atom stereocenters. The van der Waals surface area contributed by atoms with Crippen molar-refractivity contribution in [2.75, 3.05) is 0 Å². The van der Waals surface area contributed by atoms with Crippen LogP contribution in [0.5, 0.6) is 0 Å². The van der Waals surface area contributed by atoms with E-state index in [-0.39, 0.29) is 6.10 Å². The van der Waals surface area contributed by atoms with Gasteiger partial charge in [0.1, 0.15) is 0 Å². The van der Waals surface area contributed by atoms with E-state index in [0.29, 0.717) is 5.41 Å². The summed E-state index contributed by atoms with van der Waals surface area (Å²) in [5, 5.41) is 20.1. The molecular formula is C24H40O2. The predicted molar refractivity (Wildman–Crippen MR) is 107 cm³/mol. The first-order valence-electron chi connectivity index (χ1n) is 11.4. The predicted octanol–water partition coefficient (Wildman–Crippen LogP) is 5.48. The van der Waals surface area contributed by atoms with Gasteiger partial charge in [-0.2, -0.15) is 0 Å². The van der Waals surface area contributed by atoms with Crippen molar-refractivity contribution in [1.82, 2.24) is 0 Å². The van der Waals surface area contributed by atoms with Crippen molar-refractivity contribution in [3.63, 3.8) is 0 Å². The molecule has 0 spiro atoms. The Hall–Kier alpha value is -0.340. The molecule has 2 N–H and O–H groups in total. The summed E-state index contributed by atoms with van der Waals surface area (Å²) in [4.78, 5) is 0. The second-order valence-electron chi connectivity index (χ2n) is 11.0. The van der Waals surface area contributed by atoms with Gasteiger partial charge in [0.05, 0.1) is 11.7 Å². The van der Waals surface area contributed by atoms with Crippen LogP contribution in [0.1, 0.15) is 91.4 Å². The Labute approximate surface area is 160 Å². The molecule has 0 aromatic carbocycles. The second kappa shape index (κ2) is 6.92. The van der Waals surface area contributed by atoms with Crippen LogP contribution in [0.15, 0.2) is 11.6 Å². The third-order valence-corrected chi connectivity index (χ3v) is 8.96. The third kappa shape index (κ3) is 3.41. The number of aliphatic hydroxyl groups excluding tert-OH is 1. The first-order valence-corrected chi connectivity index (χ1v) is 11.4. The minimum atomic E-state index is -0.507. The molecule has 26 heavy (non-hydrogen) atoms. The third-order valence-electron chi connectivity index (χ3n) is 8.96. The highest BCUT2D eigenvalue weighted by molar-refractivity contribution is 5.20. The Kier molecular flexibility index (Phi) is 5.06. The Morgan fingerprint density at radius 2 is 1.92 bits per heavy atom. The quantitative estimate of drug-likeness (QED) is 0.652. The van der Waals surface area contributed by atoms with Crippen LogP contribution in [0.3, 0.4) is 0 Å². The molecule has 0 radical (unpaired) electrons. The molecule has 0 aromatic heterocycles. The van der Waals surface area contributed by atoms with E-state index in [1.165, 1.54) is 51.4 Å². The van der Waals surface area contributed by atoms with Gasteiger partial charge in [-0.1, -0.05) is 25.0 Å². The van der Waals surface area contributed by atoms with Gasteiger partial charge in [-0.05, 0) is 113 Å². The zero-order valence-corrected chi connectivity index (χ0v) is 17.2. The van der Waals surface area contributed by atoms with Crippen LogP contribution in [0, 0.1) is 35.0 Å². The highest BCUT2D eigenvalue weighted by Gasteiger charge is 2.55. The molecule has 148 valence electrons. The Morgan fingerprint density at radius 3 is 2.69 bits per heavy atom. The number of aliphatic hydroxyl groups is 2. The van der Waals surface area contributed by atoms with Crippen molar-refractivity contribution in [2.24, 2.45) is 35.0 Å². The number of hydrogen-bond acceptors (Lipinski definition) is 2. The maximum atomic E-state index is 10.1. The van der Waals surface area contributed by atoms with E-state index in [2.05, 4.69) is 13.0 Å². The largest absolute Gasteiger partial charge is 0.393 e. The Balaban J connectivity index is 1.44. The van der Waals surface area contributed by atoms with Crippen molar-refractivity contribution in [2.45, 2.75) is 103 Å². The van der Waals surface area contributed by atoms with Crippen molar-refractivity contribution in [1.29, 1.82) is 0 Å². The van der Waals surface area contributed by atoms with E-state index in [0.717, 1.165) is 48.9 Å². The lowest BCUT2D eigenvalue weighted by atomic mass is 9.51. The molecule has 2 nitrogen and oxygen atoms in total. The molecule has 0 amide bonds. The summed E-state index contributed by atoms with van der Waals surface area (Å²) in [6.07, 6.45) is 16.0. The van der Waals surface area contributed by atoms with Gasteiger partial charge >= 0.3 is 0 Å². The highest BCUT2D eigenvalue weighted by atomic mass is 16.3. The average molecular weight is 361 g/mol. The average Bonchev–Trinajstić information content (AvgIpc) is 2.90. The summed E-state index contributed by atoms with van der Waals surface area (Å²) >= 11 is 0. The van der Waals surface area contributed by atoms with Crippen LogP contribution >= 0.6 is 0 Å². The molecule has 3 saturated carbocycles. The fourth-order valence-corrected chi connectivity index (χ4v) is 7.61. The maximum Gasteiger partial charge on any atom is 0.0591 e. The molecule has 4 rings (SSSR count). The molecule has 0 saturated heterocycles. The van der Waals surface area contributed by atoms with Gasteiger partial charge in [0.15, 0.2) is 0 Å². The molecule has 4 aliphatic carbocycles. The van der Waals surface area contributed by atoms with Gasteiger partial charge in [0.25, 0.3) is 0 Å². The van der Waals surface area contributed by atoms with E-state index >= 15 is 0 Å². The molecule has 7 atom stereocenters. The van der Waals surface area contributed by atoms with Crippen molar-refractivity contribution >= 4 is 0 Å². The van der Waals surface area contributed by atoms with Crippen molar-refractivity contribution in [3.8, 4) is 0 Å². The monoisotopic (exact) mass is 360 g/mol. The number of hydrogen-bond donors (Lipinski definition) is 2. The zero-order valence-electron chi connectivity index (χ0n) is 17.2. The normalized spacial score (nSPS) is 45.5. The smallest absolute Gasteiger partial charge is 0.0591 e. The van der Waals surface area contributed by atoms with Crippen LogP contribution in [-0.4, -0.2) is 21.9 Å². The van der Waals surface area contributed by atoms with E-state index < -0.39 is 5.60 Å². The van der Waals surface area contributed by atoms with Gasteiger partial charge in [0, 0.05) is 0 Å². The van der Waals surface area contributed by atoms with Gasteiger partial charge in [-0.25, -0.2) is 0 Å². The molecule has 0 aromatic rings. The van der Waals surface area contributed by atoms with E-state index in [9.17, 15) is 10.2 Å². The van der Waals surface area contributed by atoms with Crippen molar-refractivity contribution < 1.29 is 10.2 Å². The molecule has 3 fully saturated rings. The zero-order chi connectivity index (χ0) is 18.5. The number of allylic oxidation sites excluding steroid dienone is 1. The lowest BCUT2D eigenvalue weighted by molar-refractivity contribution is -0.0213. The number of fused-ring (bicyclic) bond motifs is 5. The molecule has 0 heterocycles. The molecular weight excluding hydrogens is 320 g/mol. The fourth-order valence-electron chi connectivity index (χ4n) is 7.61. The minimum Gasteiger partial charge on any atom is -0.393 e. The van der Waals surface area contributed by atoms with Gasteiger partial charge < -0.3 is 10.2 Å². The van der Waals surface area contributed by atoms with Crippen LogP contribution in [-0.2, 0) is 0 Å². The van der Waals surface area contributed by atoms with E-state index in [4.69, 9.17) is 0 Å². The lowest BCUT2D eigenvalue weighted by Gasteiger charge is -2.54. The number of rotatable bonds is 4. The molecule has 2 heteroatoms. The summed E-state index contributed by atoms with van der Waals surface area (Å²) in [7, 11) is 0. The van der Waals surface area contributed by atoms with Gasteiger partial charge in [-0.15, -0.1) is 0 Å².